The Bertz CT molecular complexity index is 5200. The Morgan fingerprint density at radius 3 is 1.54 bits per heavy atom. The van der Waals surface area contributed by atoms with Crippen LogP contribution in [0.2, 0.25) is 10.0 Å². The van der Waals surface area contributed by atoms with E-state index in [2.05, 4.69) is 118 Å². The number of fused-ring (bicyclic) bond motifs is 4. The molecule has 9 N–H and O–H groups in total. The smallest absolute Gasteiger partial charge is 0.338 e. The second-order valence-corrected chi connectivity index (χ2v) is 39.7. The first-order valence-corrected chi connectivity index (χ1v) is 45.8. The quantitative estimate of drug-likeness (QED) is 0.0156. The van der Waals surface area contributed by atoms with Crippen molar-refractivity contribution in [3.8, 4) is 45.8 Å². The third-order valence-corrected chi connectivity index (χ3v) is 24.8. The number of para-hydroxylation sites is 3. The molecular weight excluding hydrogens is 2070 g/mol. The van der Waals surface area contributed by atoms with Crippen molar-refractivity contribution in [2.45, 2.75) is 174 Å². The lowest BCUT2D eigenvalue weighted by Gasteiger charge is -2.23. The predicted octanol–water partition coefficient (Wildman–Crippen LogP) is 22.4. The number of benzene rings is 7. The molecule has 2 bridgehead atoms. The highest BCUT2D eigenvalue weighted by Crippen LogP contribution is 2.48. The van der Waals surface area contributed by atoms with Crippen molar-refractivity contribution in [3.63, 3.8) is 0 Å². The van der Waals surface area contributed by atoms with E-state index in [0.29, 0.717) is 114 Å². The summed E-state index contributed by atoms with van der Waals surface area (Å²) in [6.45, 7) is 3.66. The molecule has 9 aliphatic carbocycles. The molecule has 0 unspecified atom stereocenters. The lowest BCUT2D eigenvalue weighted by molar-refractivity contribution is -0.110. The van der Waals surface area contributed by atoms with E-state index < -0.39 is 0 Å². The molecule has 33 heteroatoms. The van der Waals surface area contributed by atoms with Crippen molar-refractivity contribution in [2.24, 2.45) is 5.92 Å². The molecule has 10 aliphatic rings. The number of halogens is 8. The number of allylic oxidation sites excluding steroid dienone is 4. The predicted molar refractivity (Wildman–Crippen MR) is 503 cm³/mol. The molecule has 121 heavy (non-hydrogen) atoms. The van der Waals surface area contributed by atoms with Crippen LogP contribution in [0.3, 0.4) is 0 Å². The van der Waals surface area contributed by atoms with Gasteiger partial charge in [0.25, 0.3) is 0 Å². The number of methoxy groups -OCH3 is 3. The van der Waals surface area contributed by atoms with Gasteiger partial charge in [-0.25, -0.2) is 24.4 Å². The molecule has 1 aliphatic heterocycles. The van der Waals surface area contributed by atoms with Gasteiger partial charge in [0.2, 0.25) is 0 Å². The van der Waals surface area contributed by atoms with Gasteiger partial charge in [-0.3, -0.25) is 4.79 Å². The highest BCUT2D eigenvalue weighted by atomic mass is 127. The first kappa shape index (κ1) is 92.9. The number of aryl methyl sites for hydroxylation is 1. The number of hydrogen-bond donors (Lipinski definition) is 5. The van der Waals surface area contributed by atoms with Gasteiger partial charge in [-0.2, -0.15) is 0 Å². The molecule has 10 aromatic rings. The van der Waals surface area contributed by atoms with Gasteiger partial charge in [-0.15, -0.1) is 35.3 Å². The average Bonchev–Trinajstić information content (AvgIpc) is 1.63. The second kappa shape index (κ2) is 43.1. The first-order valence-electron chi connectivity index (χ1n) is 39.4. The number of esters is 3. The average molecular weight is 2160 g/mol. The van der Waals surface area contributed by atoms with E-state index in [1.807, 2.05) is 78.9 Å². The number of nitrogens with two attached hydrogens (primary N) is 4. The number of ether oxygens (including phenoxy) is 10. The van der Waals surface area contributed by atoms with Crippen molar-refractivity contribution in [3.05, 3.63) is 202 Å². The number of ketones is 1. The summed E-state index contributed by atoms with van der Waals surface area (Å²) in [5.41, 5.74) is 31.5. The number of thiazole rings is 2. The maximum Gasteiger partial charge on any atom is 0.338 e. The Labute approximate surface area is 778 Å². The van der Waals surface area contributed by atoms with Crippen LogP contribution in [-0.4, -0.2) is 119 Å². The Kier molecular flexibility index (Phi) is 33.1. The molecule has 4 heterocycles. The number of aromatic nitrogens is 3. The van der Waals surface area contributed by atoms with E-state index in [-0.39, 0.29) is 69.2 Å². The molecule has 9 fully saturated rings. The van der Waals surface area contributed by atoms with Gasteiger partial charge in [0, 0.05) is 34.1 Å². The minimum absolute atomic E-state index is 0. The fourth-order valence-corrected chi connectivity index (χ4v) is 17.4. The molecule has 0 amide bonds. The molecule has 3 atom stereocenters. The third-order valence-electron chi connectivity index (χ3n) is 19.8. The SMILES string of the molecule is COC(=O)c1cc(OC2CC2)c2nc(Br)sc2c1.COC(=O)c1cc(OC2CC2)c2nc(N)sc2c1.COC(=O)c1ccc(N)c(OC2CC2)c1.Cc1ccccc1OC1CC1.Clc1cccc(Cl)c1-c1noc(C2CC2)c1CO[C@@H]1C[C@@H]2C[C@H]1CN2.I.Nc1ccc(Br)cc1OC1CC1.Nc1ccccc1OC1CC1.O=C1C=CC(Br)(Br)C=C1Br. The number of carbonyl (C=O) groups is 4. The molecule has 642 valence electrons. The molecule has 20 rings (SSSR count). The Morgan fingerprint density at radius 1 is 0.554 bits per heavy atom. The summed E-state index contributed by atoms with van der Waals surface area (Å²) in [4.78, 5) is 53.9. The van der Waals surface area contributed by atoms with Gasteiger partial charge in [0.05, 0.1) is 128 Å². The van der Waals surface area contributed by atoms with Crippen LogP contribution in [-0.2, 0) is 30.3 Å². The van der Waals surface area contributed by atoms with Crippen molar-refractivity contribution in [1.29, 1.82) is 0 Å². The van der Waals surface area contributed by atoms with Gasteiger partial charge < -0.3 is 80.1 Å². The van der Waals surface area contributed by atoms with Gasteiger partial charge in [-0.1, -0.05) is 124 Å². The minimum atomic E-state index is -0.385. The monoisotopic (exact) mass is 2160 g/mol. The minimum Gasteiger partial charge on any atom is -0.490 e. The number of anilines is 4. The summed E-state index contributed by atoms with van der Waals surface area (Å²) < 4.78 is 63.8. The number of hydrogen-bond acceptors (Lipinski definition) is 25. The Hall–Kier alpha value is -7.28. The van der Waals surface area contributed by atoms with Crippen LogP contribution in [0.25, 0.3) is 31.7 Å². The zero-order valence-corrected chi connectivity index (χ0v) is 79.9. The van der Waals surface area contributed by atoms with Crippen molar-refractivity contribution >= 4 is 216 Å². The molecule has 0 radical (unpaired) electrons. The summed E-state index contributed by atoms with van der Waals surface area (Å²) in [5, 5.41) is 9.50. The van der Waals surface area contributed by atoms with Crippen LogP contribution in [0.15, 0.2) is 163 Å². The fraction of sp³-hybridized carbons (Fsp3) is 0.375. The summed E-state index contributed by atoms with van der Waals surface area (Å²) >= 11 is 32.1. The van der Waals surface area contributed by atoms with Crippen molar-refractivity contribution in [1.82, 2.24) is 20.4 Å². The van der Waals surface area contributed by atoms with E-state index in [1.54, 1.807) is 54.6 Å². The number of nitrogens with zero attached hydrogens (tertiary/aromatic N) is 3. The molecule has 1 saturated heterocycles. The molecule has 3 aromatic heterocycles. The van der Waals surface area contributed by atoms with E-state index in [4.69, 9.17) is 93.3 Å². The number of alkyl halides is 2. The highest BCUT2D eigenvalue weighted by Gasteiger charge is 2.42. The van der Waals surface area contributed by atoms with Crippen LogP contribution in [0, 0.1) is 12.8 Å². The number of rotatable bonds is 20. The first-order chi connectivity index (χ1) is 57.7. The third kappa shape index (κ3) is 27.6. The molecule has 8 saturated carbocycles. The molecule has 7 aromatic carbocycles. The summed E-state index contributed by atoms with van der Waals surface area (Å²) in [6.07, 6.45) is 25.5. The van der Waals surface area contributed by atoms with Crippen LogP contribution < -0.4 is 56.7 Å². The van der Waals surface area contributed by atoms with Crippen molar-refractivity contribution < 1.29 is 71.1 Å². The van der Waals surface area contributed by atoms with Crippen LogP contribution in [0.1, 0.15) is 157 Å². The number of piperidine rings is 1. The number of carbonyl (C=O) groups excluding carboxylic acids is 4. The molecule has 0 spiro atoms. The maximum atomic E-state index is 11.6. The van der Waals surface area contributed by atoms with Crippen LogP contribution in [0.5, 0.6) is 34.5 Å². The summed E-state index contributed by atoms with van der Waals surface area (Å²) in [6, 6.07) is 39.4. The van der Waals surface area contributed by atoms with Gasteiger partial charge in [0.1, 0.15) is 60.2 Å². The van der Waals surface area contributed by atoms with Crippen molar-refractivity contribution in [2.75, 3.05) is 50.8 Å². The summed E-state index contributed by atoms with van der Waals surface area (Å²) in [5.74, 6) is 5.44. The summed E-state index contributed by atoms with van der Waals surface area (Å²) in [7, 11) is 4.08. The van der Waals surface area contributed by atoms with Gasteiger partial charge in [-0.05, 0) is 262 Å². The highest BCUT2D eigenvalue weighted by molar-refractivity contribution is 14.0. The van der Waals surface area contributed by atoms with E-state index >= 15 is 0 Å². The van der Waals surface area contributed by atoms with Gasteiger partial charge >= 0.3 is 17.9 Å². The maximum absolute atomic E-state index is 11.6. The second-order valence-electron chi connectivity index (χ2n) is 30.1. The van der Waals surface area contributed by atoms with Crippen LogP contribution in [0.4, 0.5) is 22.2 Å². The lowest BCUT2D eigenvalue weighted by atomic mass is 10.0. The van der Waals surface area contributed by atoms with Gasteiger partial charge in [0.15, 0.2) is 14.8 Å². The molecule has 23 nitrogen and oxygen atoms in total. The number of nitrogens with one attached hydrogen (secondary N) is 1. The standard InChI is InChI=1S/C19H20Cl2N2O2.C12H10BrNO3S.C12H12N2O3S.C11H13NO3.C10H12O.C9H10BrNO.C9H11NO.C6H3Br3O.HI/c20-14-2-1-3-15(21)17(14)18-13(19(25-23-18)10-4-5-10)9-24-16-7-12-6-11(16)8-22-12;2*1-16-11(15)6-4-8(17-7-2-3-7)10-9(5-6)18-12(13)14-10;1-14-11(13)7-2-5-9(12)10(6-7)15-8-3-4-8;1-8-4-2-3-5-10(8)11-9-6-7-9;10-6-1-4-8(11)9(5-6)12-7-2-3-7;10-8-3-1-2-4-9(8)11-7-5-6-7;7-4-3-6(8,9)2-1-5(4)10;/h1-3,10-12,16,22H,4-9H2;4-5,7H,2-3H2,1H3;4-5,7H,2-3H2,1H3,(H2,13,14);2,5-6,8H,3-4,12H2,1H3;2-5,9H,6-7H2,1H3;1,4-5,7H,2-3,11H2;1-4,7H,5-6,10H2;1-3H;1H/t11-,12-,16+;;;;;;;;/m0......../s1. The lowest BCUT2D eigenvalue weighted by Crippen LogP contribution is -2.34. The number of nitrogen functional groups attached to an aromatic ring is 4. The van der Waals surface area contributed by atoms with Crippen LogP contribution >= 0.6 is 150 Å². The largest absolute Gasteiger partial charge is 0.490 e. The molecular formula is C88H92Br5Cl2IN8O15S2. The Balaban J connectivity index is 0.000000129. The Morgan fingerprint density at radius 2 is 1.03 bits per heavy atom. The normalized spacial score (nSPS) is 18.5. The zero-order chi connectivity index (χ0) is 84.9. The topological polar surface area (TPSA) is 328 Å². The van der Waals surface area contributed by atoms with E-state index in [0.717, 1.165) is 152 Å². The zero-order valence-electron chi connectivity index (χ0n) is 66.5. The van der Waals surface area contributed by atoms with E-state index in [9.17, 15) is 19.2 Å². The fourth-order valence-electron chi connectivity index (χ4n) is 12.4. The van der Waals surface area contributed by atoms with E-state index in [1.165, 1.54) is 87.7 Å².